The van der Waals surface area contributed by atoms with Crippen LogP contribution in [0.25, 0.3) is 0 Å². The van der Waals surface area contributed by atoms with Gasteiger partial charge < -0.3 is 19.2 Å². The molecule has 0 saturated heterocycles. The number of carbonyl (C=O) groups excluding carboxylic acids is 1. The van der Waals surface area contributed by atoms with Crippen molar-refractivity contribution in [1.82, 2.24) is 5.32 Å². The number of rotatable bonds is 5. The Morgan fingerprint density at radius 3 is 3.00 bits per heavy atom. The Morgan fingerprint density at radius 1 is 1.44 bits per heavy atom. The first-order valence-corrected chi connectivity index (χ1v) is 6.17. The second kappa shape index (κ2) is 6.02. The Labute approximate surface area is 106 Å². The highest BCUT2D eigenvalue weighted by Crippen LogP contribution is 2.22. The lowest BCUT2D eigenvalue weighted by Crippen LogP contribution is -2.36. The number of hydrogen-bond donors (Lipinski definition) is 1. The predicted octanol–water partition coefficient (Wildman–Crippen LogP) is 1.72. The predicted molar refractivity (Wildman–Crippen MR) is 65.3 cm³/mol. The van der Waals surface area contributed by atoms with Gasteiger partial charge in [0.15, 0.2) is 0 Å². The van der Waals surface area contributed by atoms with E-state index in [0.29, 0.717) is 12.6 Å². The van der Waals surface area contributed by atoms with Gasteiger partial charge in [-0.1, -0.05) is 0 Å². The quantitative estimate of drug-likeness (QED) is 0.810. The summed E-state index contributed by atoms with van der Waals surface area (Å²) in [5, 5.41) is 3.40. The maximum absolute atomic E-state index is 11.2. The first-order chi connectivity index (χ1) is 8.74. The molecule has 5 nitrogen and oxygen atoms in total. The van der Waals surface area contributed by atoms with Crippen molar-refractivity contribution in [2.45, 2.75) is 38.0 Å². The molecule has 0 amide bonds. The van der Waals surface area contributed by atoms with Crippen molar-refractivity contribution in [3.8, 4) is 0 Å². The molecule has 0 radical (unpaired) electrons. The second-order valence-corrected chi connectivity index (χ2v) is 4.45. The Hall–Kier alpha value is -1.33. The van der Waals surface area contributed by atoms with Gasteiger partial charge in [-0.15, -0.1) is 0 Å². The first-order valence-electron chi connectivity index (χ1n) is 6.17. The van der Waals surface area contributed by atoms with Crippen LogP contribution in [0.3, 0.4) is 0 Å². The lowest BCUT2D eigenvalue weighted by atomic mass is 10.2. The van der Waals surface area contributed by atoms with Gasteiger partial charge in [0.1, 0.15) is 5.76 Å². The van der Waals surface area contributed by atoms with Crippen molar-refractivity contribution in [1.29, 1.82) is 0 Å². The smallest absolute Gasteiger partial charge is 0.373 e. The number of ether oxygens (including phenoxy) is 2. The monoisotopic (exact) mass is 253 g/mol. The topological polar surface area (TPSA) is 60.7 Å². The first kappa shape index (κ1) is 13.1. The zero-order valence-electron chi connectivity index (χ0n) is 10.8. The van der Waals surface area contributed by atoms with Gasteiger partial charge in [0.25, 0.3) is 0 Å². The molecule has 1 aliphatic rings. The normalized spacial score (nSPS) is 23.2. The molecule has 2 rings (SSSR count). The van der Waals surface area contributed by atoms with Crippen molar-refractivity contribution in [2.24, 2.45) is 0 Å². The summed E-state index contributed by atoms with van der Waals surface area (Å²) < 4.78 is 15.4. The number of hydrogen-bond acceptors (Lipinski definition) is 5. The molecule has 100 valence electrons. The average Bonchev–Trinajstić information content (AvgIpc) is 3.03. The fourth-order valence-corrected chi connectivity index (χ4v) is 2.36. The minimum absolute atomic E-state index is 0.240. The molecular weight excluding hydrogens is 234 g/mol. The summed E-state index contributed by atoms with van der Waals surface area (Å²) >= 11 is 0. The lowest BCUT2D eigenvalue weighted by molar-refractivity contribution is 0.0561. The van der Waals surface area contributed by atoms with E-state index in [4.69, 9.17) is 9.15 Å². The van der Waals surface area contributed by atoms with E-state index in [1.807, 2.05) is 0 Å². The highest BCUT2D eigenvalue weighted by molar-refractivity contribution is 5.86. The largest absolute Gasteiger partial charge is 0.463 e. The van der Waals surface area contributed by atoms with Crippen LogP contribution in [0, 0.1) is 0 Å². The van der Waals surface area contributed by atoms with E-state index in [1.165, 1.54) is 13.5 Å². The van der Waals surface area contributed by atoms with Crippen molar-refractivity contribution < 1.29 is 18.7 Å². The summed E-state index contributed by atoms with van der Waals surface area (Å²) in [6, 6.07) is 3.78. The van der Waals surface area contributed by atoms with Crippen LogP contribution in [0.1, 0.15) is 35.6 Å². The maximum atomic E-state index is 11.2. The minimum Gasteiger partial charge on any atom is -0.463 e. The SMILES string of the molecule is COC(=O)c1ccc(CNC2CCCC2OC)o1. The molecule has 1 saturated carbocycles. The third kappa shape index (κ3) is 2.91. The highest BCUT2D eigenvalue weighted by atomic mass is 16.5. The van der Waals surface area contributed by atoms with Gasteiger partial charge in [0.2, 0.25) is 5.76 Å². The lowest BCUT2D eigenvalue weighted by Gasteiger charge is -2.18. The van der Waals surface area contributed by atoms with E-state index in [0.717, 1.165) is 18.6 Å². The van der Waals surface area contributed by atoms with Crippen LogP contribution in [-0.2, 0) is 16.0 Å². The van der Waals surface area contributed by atoms with E-state index in [1.54, 1.807) is 19.2 Å². The molecule has 0 aromatic carbocycles. The van der Waals surface area contributed by atoms with Gasteiger partial charge in [-0.25, -0.2) is 4.79 Å². The fraction of sp³-hybridized carbons (Fsp3) is 0.615. The zero-order valence-corrected chi connectivity index (χ0v) is 10.8. The van der Waals surface area contributed by atoms with Crippen molar-refractivity contribution in [3.05, 3.63) is 23.7 Å². The molecular formula is C13H19NO4. The fourth-order valence-electron chi connectivity index (χ4n) is 2.36. The van der Waals surface area contributed by atoms with Gasteiger partial charge in [0.05, 0.1) is 19.8 Å². The van der Waals surface area contributed by atoms with Crippen molar-refractivity contribution in [2.75, 3.05) is 14.2 Å². The number of nitrogens with one attached hydrogen (secondary N) is 1. The molecule has 1 N–H and O–H groups in total. The molecule has 0 bridgehead atoms. The number of carbonyl (C=O) groups is 1. The average molecular weight is 253 g/mol. The van der Waals surface area contributed by atoms with Crippen LogP contribution in [0.4, 0.5) is 0 Å². The number of methoxy groups -OCH3 is 2. The minimum atomic E-state index is -0.447. The second-order valence-electron chi connectivity index (χ2n) is 4.45. The molecule has 1 heterocycles. The van der Waals surface area contributed by atoms with Gasteiger partial charge in [-0.2, -0.15) is 0 Å². The maximum Gasteiger partial charge on any atom is 0.373 e. The summed E-state index contributed by atoms with van der Waals surface area (Å²) in [5.74, 6) is 0.526. The van der Waals surface area contributed by atoms with Gasteiger partial charge in [0, 0.05) is 13.2 Å². The molecule has 5 heteroatoms. The third-order valence-electron chi connectivity index (χ3n) is 3.34. The Bertz CT molecular complexity index is 401. The summed E-state index contributed by atoms with van der Waals surface area (Å²) in [6.45, 7) is 0.599. The molecule has 2 atom stereocenters. The molecule has 1 aromatic rings. The molecule has 0 aliphatic heterocycles. The molecule has 18 heavy (non-hydrogen) atoms. The molecule has 0 spiro atoms. The van der Waals surface area contributed by atoms with E-state index >= 15 is 0 Å². The van der Waals surface area contributed by atoms with E-state index in [-0.39, 0.29) is 11.9 Å². The Kier molecular flexibility index (Phi) is 4.38. The van der Waals surface area contributed by atoms with Crippen LogP contribution in [0.2, 0.25) is 0 Å². The molecule has 1 fully saturated rings. The van der Waals surface area contributed by atoms with Crippen LogP contribution in [0.5, 0.6) is 0 Å². The van der Waals surface area contributed by atoms with Crippen LogP contribution in [-0.4, -0.2) is 32.3 Å². The summed E-state index contributed by atoms with van der Waals surface area (Å²) in [6.07, 6.45) is 3.67. The van der Waals surface area contributed by atoms with E-state index in [2.05, 4.69) is 10.1 Å². The van der Waals surface area contributed by atoms with Gasteiger partial charge in [-0.05, 0) is 31.4 Å². The number of esters is 1. The Morgan fingerprint density at radius 2 is 2.28 bits per heavy atom. The van der Waals surface area contributed by atoms with Crippen molar-refractivity contribution >= 4 is 5.97 Å². The summed E-state index contributed by atoms with van der Waals surface area (Å²) in [7, 11) is 3.08. The molecule has 1 aromatic heterocycles. The standard InChI is InChI=1S/C13H19NO4/c1-16-11-5-3-4-10(11)14-8-9-6-7-12(18-9)13(15)17-2/h6-7,10-11,14H,3-5,8H2,1-2H3. The Balaban J connectivity index is 1.86. The van der Waals surface area contributed by atoms with E-state index < -0.39 is 5.97 Å². The number of furan rings is 1. The third-order valence-corrected chi connectivity index (χ3v) is 3.34. The van der Waals surface area contributed by atoms with Gasteiger partial charge in [-0.3, -0.25) is 0 Å². The van der Waals surface area contributed by atoms with Crippen LogP contribution >= 0.6 is 0 Å². The molecule has 1 aliphatic carbocycles. The van der Waals surface area contributed by atoms with Gasteiger partial charge >= 0.3 is 5.97 Å². The summed E-state index contributed by atoms with van der Waals surface area (Å²) in [4.78, 5) is 11.2. The van der Waals surface area contributed by atoms with Crippen LogP contribution in [0.15, 0.2) is 16.5 Å². The molecule has 2 unspecified atom stereocenters. The highest BCUT2D eigenvalue weighted by Gasteiger charge is 2.26. The summed E-state index contributed by atoms with van der Waals surface area (Å²) in [5.41, 5.74) is 0. The van der Waals surface area contributed by atoms with Crippen LogP contribution < -0.4 is 5.32 Å². The van der Waals surface area contributed by atoms with E-state index in [9.17, 15) is 4.79 Å². The van der Waals surface area contributed by atoms with Crippen molar-refractivity contribution in [3.63, 3.8) is 0 Å². The zero-order chi connectivity index (χ0) is 13.0.